The number of carbonyl (C=O) groups is 1. The first kappa shape index (κ1) is 13.4. The zero-order valence-corrected chi connectivity index (χ0v) is 9.29. The second-order valence-corrected chi connectivity index (χ2v) is 3.57. The van der Waals surface area contributed by atoms with Crippen LogP contribution in [-0.4, -0.2) is 31.8 Å². The molecule has 0 aromatic carbocycles. The molecule has 0 amide bonds. The van der Waals surface area contributed by atoms with E-state index >= 15 is 0 Å². The van der Waals surface area contributed by atoms with Crippen molar-refractivity contribution in [1.29, 1.82) is 0 Å². The van der Waals surface area contributed by atoms with Crippen molar-refractivity contribution in [2.24, 2.45) is 11.7 Å². The van der Waals surface area contributed by atoms with Crippen LogP contribution in [0.5, 0.6) is 0 Å². The van der Waals surface area contributed by atoms with Crippen LogP contribution in [0.25, 0.3) is 0 Å². The van der Waals surface area contributed by atoms with Gasteiger partial charge in [0.05, 0.1) is 18.6 Å². The van der Waals surface area contributed by atoms with E-state index in [1.165, 1.54) is 0 Å². The molecule has 4 nitrogen and oxygen atoms in total. The summed E-state index contributed by atoms with van der Waals surface area (Å²) in [5, 5.41) is 0. The van der Waals surface area contributed by atoms with Gasteiger partial charge in [0.1, 0.15) is 6.61 Å². The summed E-state index contributed by atoms with van der Waals surface area (Å²) in [5.41, 5.74) is 5.33. The smallest absolute Gasteiger partial charge is 0.308 e. The molecule has 0 heterocycles. The average molecular weight is 203 g/mol. The van der Waals surface area contributed by atoms with E-state index in [4.69, 9.17) is 15.2 Å². The van der Waals surface area contributed by atoms with E-state index in [-0.39, 0.29) is 18.0 Å². The third kappa shape index (κ3) is 6.86. The molecule has 0 fully saturated rings. The first-order chi connectivity index (χ1) is 6.57. The van der Waals surface area contributed by atoms with Crippen LogP contribution in [0.4, 0.5) is 0 Å². The molecule has 0 aliphatic carbocycles. The summed E-state index contributed by atoms with van der Waals surface area (Å²) in [6, 6.07) is 0. The fourth-order valence-corrected chi connectivity index (χ4v) is 0.936. The Morgan fingerprint density at radius 3 is 2.43 bits per heavy atom. The highest BCUT2D eigenvalue weighted by Crippen LogP contribution is 2.02. The van der Waals surface area contributed by atoms with Gasteiger partial charge in [0.2, 0.25) is 0 Å². The fourth-order valence-electron chi connectivity index (χ4n) is 0.936. The molecule has 0 bridgehead atoms. The third-order valence-corrected chi connectivity index (χ3v) is 1.78. The Balaban J connectivity index is 3.44. The highest BCUT2D eigenvalue weighted by Gasteiger charge is 2.12. The number of nitrogens with two attached hydrogens (primary N) is 1. The number of carbonyl (C=O) groups excluding carboxylic acids is 1. The van der Waals surface area contributed by atoms with E-state index < -0.39 is 0 Å². The summed E-state index contributed by atoms with van der Waals surface area (Å²) in [6.45, 7) is 7.00. The number of hydrogen-bond donors (Lipinski definition) is 1. The highest BCUT2D eigenvalue weighted by molar-refractivity contribution is 5.71. The Morgan fingerprint density at radius 2 is 1.93 bits per heavy atom. The molecule has 0 spiro atoms. The van der Waals surface area contributed by atoms with Crippen molar-refractivity contribution < 1.29 is 14.3 Å². The Morgan fingerprint density at radius 1 is 1.29 bits per heavy atom. The van der Waals surface area contributed by atoms with Gasteiger partial charge >= 0.3 is 5.97 Å². The summed E-state index contributed by atoms with van der Waals surface area (Å²) in [6.07, 6.45) is 0.847. The van der Waals surface area contributed by atoms with Crippen molar-refractivity contribution in [2.45, 2.75) is 33.3 Å². The molecule has 0 saturated carbocycles. The van der Waals surface area contributed by atoms with Gasteiger partial charge in [-0.05, 0) is 26.8 Å². The average Bonchev–Trinajstić information content (AvgIpc) is 2.12. The van der Waals surface area contributed by atoms with Gasteiger partial charge in [-0.2, -0.15) is 0 Å². The van der Waals surface area contributed by atoms with Crippen LogP contribution in [0.15, 0.2) is 0 Å². The lowest BCUT2D eigenvalue weighted by Gasteiger charge is -2.11. The van der Waals surface area contributed by atoms with Crippen molar-refractivity contribution in [3.05, 3.63) is 0 Å². The summed E-state index contributed by atoms with van der Waals surface area (Å²) in [5.74, 6) is -0.304. The standard InChI is InChI=1S/C10H21NO3/c1-8(2)13-6-7-14-10(12)9(3)4-5-11/h8-9H,4-7,11H2,1-3H3. The molecular weight excluding hydrogens is 182 g/mol. The summed E-state index contributed by atoms with van der Waals surface area (Å²) < 4.78 is 10.2. The van der Waals surface area contributed by atoms with Gasteiger partial charge in [-0.1, -0.05) is 6.92 Å². The van der Waals surface area contributed by atoms with Crippen LogP contribution in [0.1, 0.15) is 27.2 Å². The molecule has 0 aliphatic heterocycles. The molecule has 2 N–H and O–H groups in total. The van der Waals surface area contributed by atoms with Crippen LogP contribution >= 0.6 is 0 Å². The lowest BCUT2D eigenvalue weighted by atomic mass is 10.1. The predicted molar refractivity (Wildman–Crippen MR) is 54.9 cm³/mol. The fraction of sp³-hybridized carbons (Fsp3) is 0.900. The van der Waals surface area contributed by atoms with E-state index in [0.29, 0.717) is 26.2 Å². The topological polar surface area (TPSA) is 61.5 Å². The second-order valence-electron chi connectivity index (χ2n) is 3.57. The minimum absolute atomic E-state index is 0.112. The molecule has 0 radical (unpaired) electrons. The van der Waals surface area contributed by atoms with Crippen molar-refractivity contribution >= 4 is 5.97 Å². The Kier molecular flexibility index (Phi) is 7.42. The van der Waals surface area contributed by atoms with Gasteiger partial charge in [-0.25, -0.2) is 0 Å². The third-order valence-electron chi connectivity index (χ3n) is 1.78. The molecule has 1 unspecified atom stereocenters. The molecule has 84 valence electrons. The number of esters is 1. The number of hydrogen-bond acceptors (Lipinski definition) is 4. The monoisotopic (exact) mass is 203 g/mol. The molecule has 0 saturated heterocycles. The molecule has 0 aliphatic rings. The Hall–Kier alpha value is -0.610. The van der Waals surface area contributed by atoms with Crippen LogP contribution in [-0.2, 0) is 14.3 Å². The second kappa shape index (κ2) is 7.76. The van der Waals surface area contributed by atoms with Crippen molar-refractivity contribution in [1.82, 2.24) is 0 Å². The summed E-state index contributed by atoms with van der Waals surface area (Å²) in [4.78, 5) is 11.2. The Bertz CT molecular complexity index is 159. The predicted octanol–water partition coefficient (Wildman–Crippen LogP) is 0.940. The zero-order chi connectivity index (χ0) is 11.0. The minimum atomic E-state index is -0.192. The molecule has 0 aromatic rings. The SMILES string of the molecule is CC(C)OCCOC(=O)C(C)CCN. The zero-order valence-electron chi connectivity index (χ0n) is 9.29. The maximum Gasteiger partial charge on any atom is 0.308 e. The van der Waals surface area contributed by atoms with Crippen LogP contribution in [0.3, 0.4) is 0 Å². The molecular formula is C10H21NO3. The van der Waals surface area contributed by atoms with Gasteiger partial charge in [0.15, 0.2) is 0 Å². The van der Waals surface area contributed by atoms with Crippen LogP contribution < -0.4 is 5.73 Å². The van der Waals surface area contributed by atoms with Crippen LogP contribution in [0.2, 0.25) is 0 Å². The van der Waals surface area contributed by atoms with E-state index in [1.54, 1.807) is 0 Å². The molecule has 1 atom stereocenters. The Labute approximate surface area is 85.8 Å². The van der Waals surface area contributed by atoms with Gasteiger partial charge < -0.3 is 15.2 Å². The maximum absolute atomic E-state index is 11.2. The van der Waals surface area contributed by atoms with Crippen molar-refractivity contribution in [3.63, 3.8) is 0 Å². The molecule has 0 rings (SSSR count). The highest BCUT2D eigenvalue weighted by atomic mass is 16.6. The van der Waals surface area contributed by atoms with Crippen LogP contribution in [0, 0.1) is 5.92 Å². The van der Waals surface area contributed by atoms with E-state index in [0.717, 1.165) is 0 Å². The molecule has 14 heavy (non-hydrogen) atoms. The summed E-state index contributed by atoms with van der Waals surface area (Å²) >= 11 is 0. The summed E-state index contributed by atoms with van der Waals surface area (Å²) in [7, 11) is 0. The van der Waals surface area contributed by atoms with Crippen molar-refractivity contribution in [2.75, 3.05) is 19.8 Å². The first-order valence-electron chi connectivity index (χ1n) is 5.06. The van der Waals surface area contributed by atoms with Crippen molar-refractivity contribution in [3.8, 4) is 0 Å². The molecule has 4 heteroatoms. The lowest BCUT2D eigenvalue weighted by molar-refractivity contribution is -0.150. The molecule has 0 aromatic heterocycles. The number of rotatable bonds is 7. The normalized spacial score (nSPS) is 12.9. The quantitative estimate of drug-likeness (QED) is 0.494. The lowest BCUT2D eigenvalue weighted by Crippen LogP contribution is -2.20. The first-order valence-corrected chi connectivity index (χ1v) is 5.06. The van der Waals surface area contributed by atoms with E-state index in [1.807, 2.05) is 20.8 Å². The maximum atomic E-state index is 11.2. The van der Waals surface area contributed by atoms with Gasteiger partial charge in [-0.15, -0.1) is 0 Å². The number of ether oxygens (including phenoxy) is 2. The van der Waals surface area contributed by atoms with Gasteiger partial charge in [0, 0.05) is 0 Å². The van der Waals surface area contributed by atoms with Gasteiger partial charge in [0.25, 0.3) is 0 Å². The van der Waals surface area contributed by atoms with E-state index in [9.17, 15) is 4.79 Å². The largest absolute Gasteiger partial charge is 0.463 e. The van der Waals surface area contributed by atoms with Gasteiger partial charge in [-0.3, -0.25) is 4.79 Å². The minimum Gasteiger partial charge on any atom is -0.463 e. The van der Waals surface area contributed by atoms with E-state index in [2.05, 4.69) is 0 Å².